The predicted octanol–water partition coefficient (Wildman–Crippen LogP) is 5.27. The fraction of sp³-hybridized carbons (Fsp3) is 0.269. The smallest absolute Gasteiger partial charge is 0.254 e. The molecule has 0 aliphatic carbocycles. The van der Waals surface area contributed by atoms with Gasteiger partial charge in [-0.05, 0) is 65.6 Å². The quantitative estimate of drug-likeness (QED) is 0.451. The minimum absolute atomic E-state index is 0.0793. The van der Waals surface area contributed by atoms with E-state index >= 15 is 0 Å². The van der Waals surface area contributed by atoms with Crippen molar-refractivity contribution in [2.75, 3.05) is 35.0 Å². The number of nitrogens with zero attached hydrogens (tertiary/aromatic N) is 1. The van der Waals surface area contributed by atoms with Crippen LogP contribution in [0.5, 0.6) is 23.0 Å². The lowest BCUT2D eigenvalue weighted by Gasteiger charge is -2.38. The van der Waals surface area contributed by atoms with Crippen LogP contribution in [0.1, 0.15) is 33.1 Å². The van der Waals surface area contributed by atoms with Gasteiger partial charge in [0.15, 0.2) is 23.0 Å². The first-order valence-electron chi connectivity index (χ1n) is 10.5. The summed E-state index contributed by atoms with van der Waals surface area (Å²) in [4.78, 5) is 15.7. The fourth-order valence-corrected chi connectivity index (χ4v) is 4.57. The molecule has 6 nitrogen and oxygen atoms in total. The van der Waals surface area contributed by atoms with Crippen LogP contribution >= 0.6 is 15.9 Å². The zero-order chi connectivity index (χ0) is 23.5. The zero-order valence-corrected chi connectivity index (χ0v) is 20.6. The van der Waals surface area contributed by atoms with Crippen molar-refractivity contribution in [3.8, 4) is 23.0 Å². The van der Waals surface area contributed by atoms with E-state index in [0.717, 1.165) is 21.2 Å². The van der Waals surface area contributed by atoms with Gasteiger partial charge >= 0.3 is 0 Å². The normalized spacial score (nSPS) is 14.9. The molecule has 1 heterocycles. The first-order chi connectivity index (χ1) is 16.0. The highest BCUT2D eigenvalue weighted by Crippen LogP contribution is 2.42. The van der Waals surface area contributed by atoms with E-state index in [-0.39, 0.29) is 11.9 Å². The van der Waals surface area contributed by atoms with Crippen molar-refractivity contribution in [1.29, 1.82) is 0 Å². The number of fused-ring (bicyclic) bond motifs is 1. The summed E-state index contributed by atoms with van der Waals surface area (Å²) in [6.07, 6.45) is 0.710. The number of hydrogen-bond acceptors (Lipinski definition) is 5. The summed E-state index contributed by atoms with van der Waals surface area (Å²) < 4.78 is 22.8. The third-order valence-electron chi connectivity index (χ3n) is 5.95. The second-order valence-electron chi connectivity index (χ2n) is 7.68. The minimum atomic E-state index is -0.276. The van der Waals surface area contributed by atoms with Crippen LogP contribution in [0.2, 0.25) is 0 Å². The van der Waals surface area contributed by atoms with Crippen LogP contribution in [-0.4, -0.2) is 45.8 Å². The number of methoxy groups -OCH3 is 4. The average molecular weight is 512 g/mol. The Balaban J connectivity index is 1.82. The number of halogens is 1. The molecule has 3 aromatic carbocycles. The Morgan fingerprint density at radius 2 is 1.42 bits per heavy atom. The van der Waals surface area contributed by atoms with Gasteiger partial charge in [-0.3, -0.25) is 4.79 Å². The van der Waals surface area contributed by atoms with E-state index in [9.17, 15) is 4.79 Å². The van der Waals surface area contributed by atoms with Gasteiger partial charge in [-0.2, -0.15) is 0 Å². The van der Waals surface area contributed by atoms with Crippen LogP contribution in [0.4, 0.5) is 0 Å². The van der Waals surface area contributed by atoms with E-state index in [1.165, 1.54) is 0 Å². The zero-order valence-electron chi connectivity index (χ0n) is 19.1. The summed E-state index contributed by atoms with van der Waals surface area (Å²) in [5.74, 6) is 2.35. The minimum Gasteiger partial charge on any atom is -0.493 e. The van der Waals surface area contributed by atoms with Crippen molar-refractivity contribution in [1.82, 2.24) is 4.90 Å². The number of hydrogen-bond donors (Lipinski definition) is 0. The van der Waals surface area contributed by atoms with Gasteiger partial charge in [0, 0.05) is 16.6 Å². The summed E-state index contributed by atoms with van der Waals surface area (Å²) in [5, 5.41) is 0. The molecular weight excluding hydrogens is 486 g/mol. The fourth-order valence-electron chi connectivity index (χ4n) is 4.30. The molecule has 33 heavy (non-hydrogen) atoms. The van der Waals surface area contributed by atoms with Crippen LogP contribution in [0.25, 0.3) is 0 Å². The van der Waals surface area contributed by atoms with Gasteiger partial charge in [0.1, 0.15) is 0 Å². The summed E-state index contributed by atoms with van der Waals surface area (Å²) >= 11 is 3.51. The van der Waals surface area contributed by atoms with Gasteiger partial charge in [-0.15, -0.1) is 0 Å². The van der Waals surface area contributed by atoms with Crippen LogP contribution in [0.15, 0.2) is 59.1 Å². The summed E-state index contributed by atoms with van der Waals surface area (Å²) in [7, 11) is 6.39. The van der Waals surface area contributed by atoms with E-state index in [4.69, 9.17) is 18.9 Å². The number of carbonyl (C=O) groups is 1. The maximum atomic E-state index is 13.8. The Labute approximate surface area is 202 Å². The van der Waals surface area contributed by atoms with Crippen molar-refractivity contribution in [2.24, 2.45) is 0 Å². The first-order valence-corrected chi connectivity index (χ1v) is 11.3. The summed E-state index contributed by atoms with van der Waals surface area (Å²) in [6, 6.07) is 17.0. The molecule has 0 saturated heterocycles. The molecular formula is C26H26BrNO5. The molecule has 1 aliphatic heterocycles. The van der Waals surface area contributed by atoms with Crippen LogP contribution in [0, 0.1) is 0 Å². The van der Waals surface area contributed by atoms with Gasteiger partial charge in [0.2, 0.25) is 0 Å². The number of benzene rings is 3. The second-order valence-corrected chi connectivity index (χ2v) is 8.59. The Morgan fingerprint density at radius 1 is 0.818 bits per heavy atom. The van der Waals surface area contributed by atoms with Crippen molar-refractivity contribution in [2.45, 2.75) is 12.5 Å². The highest BCUT2D eigenvalue weighted by molar-refractivity contribution is 9.10. The lowest BCUT2D eigenvalue weighted by molar-refractivity contribution is 0.0693. The molecule has 3 aromatic rings. The Bertz CT molecular complexity index is 1160. The number of rotatable bonds is 6. The molecule has 0 bridgehead atoms. The van der Waals surface area contributed by atoms with Crippen molar-refractivity contribution in [3.63, 3.8) is 0 Å². The molecule has 0 saturated carbocycles. The lowest BCUT2D eigenvalue weighted by Crippen LogP contribution is -2.40. The maximum absolute atomic E-state index is 13.8. The molecule has 0 radical (unpaired) electrons. The van der Waals surface area contributed by atoms with E-state index in [0.29, 0.717) is 41.5 Å². The molecule has 0 fully saturated rings. The Kier molecular flexibility index (Phi) is 6.79. The van der Waals surface area contributed by atoms with E-state index in [1.54, 1.807) is 46.6 Å². The molecule has 1 amide bonds. The molecule has 1 atom stereocenters. The van der Waals surface area contributed by atoms with Crippen LogP contribution < -0.4 is 18.9 Å². The van der Waals surface area contributed by atoms with E-state index < -0.39 is 0 Å². The monoisotopic (exact) mass is 511 g/mol. The topological polar surface area (TPSA) is 57.2 Å². The van der Waals surface area contributed by atoms with Gasteiger partial charge < -0.3 is 23.8 Å². The van der Waals surface area contributed by atoms with Crippen LogP contribution in [0.3, 0.4) is 0 Å². The van der Waals surface area contributed by atoms with E-state index in [1.807, 2.05) is 41.3 Å². The molecule has 7 heteroatoms. The third kappa shape index (κ3) is 4.37. The average Bonchev–Trinajstić information content (AvgIpc) is 2.86. The Hall–Kier alpha value is -3.19. The second kappa shape index (κ2) is 9.75. The van der Waals surface area contributed by atoms with E-state index in [2.05, 4.69) is 15.9 Å². The van der Waals surface area contributed by atoms with Crippen molar-refractivity contribution < 1.29 is 23.7 Å². The third-order valence-corrected chi connectivity index (χ3v) is 6.48. The lowest BCUT2D eigenvalue weighted by atomic mass is 9.87. The first kappa shape index (κ1) is 23.0. The maximum Gasteiger partial charge on any atom is 0.254 e. The molecule has 4 rings (SSSR count). The molecule has 172 valence electrons. The van der Waals surface area contributed by atoms with Crippen molar-refractivity contribution >= 4 is 21.8 Å². The number of carbonyl (C=O) groups excluding carboxylic acids is 1. The highest BCUT2D eigenvalue weighted by Gasteiger charge is 2.34. The number of ether oxygens (including phenoxy) is 4. The van der Waals surface area contributed by atoms with Crippen LogP contribution in [-0.2, 0) is 6.42 Å². The van der Waals surface area contributed by atoms with Gasteiger partial charge in [-0.1, -0.05) is 28.1 Å². The SMILES string of the molecule is COc1ccc(C(=O)N2CCc3cc(OC)c(OC)cc3[C@@H]2c2ccc(Br)cc2)cc1OC. The van der Waals surface area contributed by atoms with Gasteiger partial charge in [0.25, 0.3) is 5.91 Å². The van der Waals surface area contributed by atoms with Crippen molar-refractivity contribution in [3.05, 3.63) is 81.3 Å². The van der Waals surface area contributed by atoms with Gasteiger partial charge in [0.05, 0.1) is 34.5 Å². The molecule has 0 aromatic heterocycles. The molecule has 0 N–H and O–H groups in total. The Morgan fingerprint density at radius 3 is 2.06 bits per heavy atom. The molecule has 0 spiro atoms. The highest BCUT2D eigenvalue weighted by atomic mass is 79.9. The number of amides is 1. The molecule has 0 unspecified atom stereocenters. The summed E-state index contributed by atoms with van der Waals surface area (Å²) in [5.41, 5.74) is 3.71. The standard InChI is InChI=1S/C26H26BrNO5/c1-30-21-10-7-18(14-22(21)31-2)26(29)28-12-11-17-13-23(32-3)24(33-4)15-20(17)25(28)16-5-8-19(27)9-6-16/h5-10,13-15,25H,11-12H2,1-4H3/t25-/m0/s1. The largest absolute Gasteiger partial charge is 0.493 e. The summed E-state index contributed by atoms with van der Waals surface area (Å²) in [6.45, 7) is 0.566. The van der Waals surface area contributed by atoms with Gasteiger partial charge in [-0.25, -0.2) is 0 Å². The molecule has 1 aliphatic rings. The predicted molar refractivity (Wildman–Crippen MR) is 130 cm³/mol.